The zero-order valence-corrected chi connectivity index (χ0v) is 23.2. The molecule has 3 heterocycles. The fraction of sp³-hybridized carbons (Fsp3) is 0.333. The smallest absolute Gasteiger partial charge is 0.267 e. The van der Waals surface area contributed by atoms with E-state index in [4.69, 9.17) is 26.7 Å². The van der Waals surface area contributed by atoms with Gasteiger partial charge >= 0.3 is 0 Å². The molecular weight excluding hydrogens is 508 g/mol. The van der Waals surface area contributed by atoms with Crippen LogP contribution in [0.5, 0.6) is 11.5 Å². The number of nitrogens with zero attached hydrogens (tertiary/aromatic N) is 4. The van der Waals surface area contributed by atoms with E-state index in [2.05, 4.69) is 0 Å². The predicted molar refractivity (Wildman–Crippen MR) is 153 cm³/mol. The number of aryl methyl sites for hydroxylation is 1. The molecule has 0 unspecified atom stereocenters. The maximum absolute atomic E-state index is 13.6. The highest BCUT2D eigenvalue weighted by Gasteiger charge is 2.32. The first-order chi connectivity index (χ1) is 17.8. The zero-order valence-electron chi connectivity index (χ0n) is 21.6. The number of ether oxygens (including phenoxy) is 2. The van der Waals surface area contributed by atoms with Crippen LogP contribution < -0.4 is 19.9 Å². The summed E-state index contributed by atoms with van der Waals surface area (Å²) >= 11 is 6.75. The summed E-state index contributed by atoms with van der Waals surface area (Å²) in [7, 11) is 3.18. The molecule has 8 nitrogen and oxygen atoms in total. The van der Waals surface area contributed by atoms with Crippen molar-refractivity contribution in [2.75, 3.05) is 38.8 Å². The lowest BCUT2D eigenvalue weighted by Gasteiger charge is -2.22. The summed E-state index contributed by atoms with van der Waals surface area (Å²) in [4.78, 5) is 35.8. The zero-order chi connectivity index (χ0) is 26.7. The van der Waals surface area contributed by atoms with Crippen molar-refractivity contribution in [2.24, 2.45) is 0 Å². The molecular formula is C27H30N4O4S2. The summed E-state index contributed by atoms with van der Waals surface area (Å²) in [6.45, 7) is 7.73. The van der Waals surface area contributed by atoms with Gasteiger partial charge in [0, 0.05) is 25.8 Å². The van der Waals surface area contributed by atoms with Gasteiger partial charge in [0.15, 0.2) is 11.5 Å². The number of thioether (sulfide) groups is 1. The number of thiocarbonyl (C=S) groups is 1. The van der Waals surface area contributed by atoms with Gasteiger partial charge in [-0.05, 0) is 62.6 Å². The molecule has 10 heteroatoms. The molecule has 1 aliphatic heterocycles. The molecule has 4 rings (SSSR count). The quantitative estimate of drug-likeness (QED) is 0.295. The van der Waals surface area contributed by atoms with Crippen molar-refractivity contribution in [3.05, 3.63) is 68.5 Å². The first-order valence-electron chi connectivity index (χ1n) is 12.1. The van der Waals surface area contributed by atoms with Gasteiger partial charge in [0.1, 0.15) is 15.8 Å². The average molecular weight is 539 g/mol. The van der Waals surface area contributed by atoms with Gasteiger partial charge in [0.25, 0.3) is 11.5 Å². The molecule has 37 heavy (non-hydrogen) atoms. The van der Waals surface area contributed by atoms with E-state index in [0.29, 0.717) is 63.8 Å². The van der Waals surface area contributed by atoms with Gasteiger partial charge in [-0.1, -0.05) is 36.1 Å². The number of carbonyl (C=O) groups is 1. The lowest BCUT2D eigenvalue weighted by Crippen LogP contribution is -2.31. The number of carbonyl (C=O) groups excluding carboxylic acids is 1. The molecule has 1 aromatic carbocycles. The third kappa shape index (κ3) is 5.21. The van der Waals surface area contributed by atoms with Crippen molar-refractivity contribution >= 4 is 51.7 Å². The topological polar surface area (TPSA) is 76.4 Å². The first kappa shape index (κ1) is 26.7. The summed E-state index contributed by atoms with van der Waals surface area (Å²) in [6, 6.07) is 9.42. The Kier molecular flexibility index (Phi) is 8.19. The van der Waals surface area contributed by atoms with Crippen molar-refractivity contribution in [1.82, 2.24) is 14.3 Å². The summed E-state index contributed by atoms with van der Waals surface area (Å²) < 4.78 is 12.7. The van der Waals surface area contributed by atoms with Crippen LogP contribution in [0.15, 0.2) is 46.2 Å². The van der Waals surface area contributed by atoms with Gasteiger partial charge in [0.2, 0.25) is 0 Å². The number of methoxy groups -OCH3 is 2. The number of benzene rings is 1. The second kappa shape index (κ2) is 11.4. The van der Waals surface area contributed by atoms with Gasteiger partial charge in [0.05, 0.1) is 24.7 Å². The lowest BCUT2D eigenvalue weighted by molar-refractivity contribution is -0.122. The van der Waals surface area contributed by atoms with Gasteiger partial charge in [-0.15, -0.1) is 0 Å². The third-order valence-electron chi connectivity index (χ3n) is 6.35. The molecule has 0 atom stereocenters. The SMILES string of the molecule is CCN(CC)c1nc2c(C)cccn2c(=O)c1/C=C1\SC(=S)N(CCc2ccc(OC)c(OC)c2)C1=O. The fourth-order valence-corrected chi connectivity index (χ4v) is 5.58. The number of anilines is 1. The number of fused-ring (bicyclic) bond motifs is 1. The van der Waals surface area contributed by atoms with Crippen LogP contribution in [0.2, 0.25) is 0 Å². The second-order valence-electron chi connectivity index (χ2n) is 8.48. The Morgan fingerprint density at radius 3 is 2.51 bits per heavy atom. The Labute approximate surface area is 225 Å². The van der Waals surface area contributed by atoms with Crippen molar-refractivity contribution in [3.63, 3.8) is 0 Å². The van der Waals surface area contributed by atoms with Crippen LogP contribution >= 0.6 is 24.0 Å². The van der Waals surface area contributed by atoms with Crippen LogP contribution in [-0.4, -0.2) is 58.4 Å². The highest BCUT2D eigenvalue weighted by molar-refractivity contribution is 8.26. The largest absolute Gasteiger partial charge is 0.493 e. The Morgan fingerprint density at radius 2 is 1.84 bits per heavy atom. The minimum atomic E-state index is -0.216. The van der Waals surface area contributed by atoms with Crippen molar-refractivity contribution in [2.45, 2.75) is 27.2 Å². The summed E-state index contributed by atoms with van der Waals surface area (Å²) in [5.74, 6) is 1.64. The van der Waals surface area contributed by atoms with E-state index in [-0.39, 0.29) is 11.5 Å². The van der Waals surface area contributed by atoms with Gasteiger partial charge in [-0.25, -0.2) is 4.98 Å². The summed E-state index contributed by atoms with van der Waals surface area (Å²) in [6.07, 6.45) is 3.94. The second-order valence-corrected chi connectivity index (χ2v) is 10.2. The van der Waals surface area contributed by atoms with Crippen LogP contribution in [0.4, 0.5) is 5.82 Å². The van der Waals surface area contributed by atoms with Crippen LogP contribution in [-0.2, 0) is 11.2 Å². The van der Waals surface area contributed by atoms with Crippen molar-refractivity contribution < 1.29 is 14.3 Å². The number of hydrogen-bond acceptors (Lipinski definition) is 8. The number of aromatic nitrogens is 2. The minimum Gasteiger partial charge on any atom is -0.493 e. The van der Waals surface area contributed by atoms with E-state index in [1.165, 1.54) is 16.2 Å². The maximum Gasteiger partial charge on any atom is 0.267 e. The predicted octanol–water partition coefficient (Wildman–Crippen LogP) is 4.31. The number of pyridine rings is 1. The molecule has 1 amide bonds. The molecule has 0 radical (unpaired) electrons. The average Bonchev–Trinajstić information content (AvgIpc) is 3.17. The highest BCUT2D eigenvalue weighted by atomic mass is 32.2. The number of rotatable bonds is 9. The molecule has 194 valence electrons. The Balaban J connectivity index is 1.67. The minimum absolute atomic E-state index is 0.213. The fourth-order valence-electron chi connectivity index (χ4n) is 4.29. The number of amides is 1. The van der Waals surface area contributed by atoms with E-state index in [0.717, 1.165) is 11.1 Å². The van der Waals surface area contributed by atoms with E-state index in [1.54, 1.807) is 31.4 Å². The molecule has 3 aromatic rings. The van der Waals surface area contributed by atoms with Crippen LogP contribution in [0, 0.1) is 6.92 Å². The molecule has 0 spiro atoms. The van der Waals surface area contributed by atoms with E-state index >= 15 is 0 Å². The molecule has 1 aliphatic rings. The van der Waals surface area contributed by atoms with Gasteiger partial charge < -0.3 is 14.4 Å². The van der Waals surface area contributed by atoms with E-state index in [1.807, 2.05) is 56.0 Å². The third-order valence-corrected chi connectivity index (χ3v) is 7.73. The van der Waals surface area contributed by atoms with Crippen LogP contribution in [0.1, 0.15) is 30.5 Å². The summed E-state index contributed by atoms with van der Waals surface area (Å²) in [5.41, 5.74) is 2.67. The van der Waals surface area contributed by atoms with Crippen molar-refractivity contribution in [1.29, 1.82) is 0 Å². The molecule has 2 aromatic heterocycles. The molecule has 0 N–H and O–H groups in total. The first-order valence-corrected chi connectivity index (χ1v) is 13.3. The van der Waals surface area contributed by atoms with Crippen molar-refractivity contribution in [3.8, 4) is 11.5 Å². The lowest BCUT2D eigenvalue weighted by atomic mass is 10.1. The van der Waals surface area contributed by atoms with Gasteiger partial charge in [-0.2, -0.15) is 0 Å². The molecule has 1 saturated heterocycles. The van der Waals surface area contributed by atoms with E-state index < -0.39 is 0 Å². The van der Waals surface area contributed by atoms with Gasteiger partial charge in [-0.3, -0.25) is 18.9 Å². The van der Waals surface area contributed by atoms with Crippen LogP contribution in [0.3, 0.4) is 0 Å². The summed E-state index contributed by atoms with van der Waals surface area (Å²) in [5, 5.41) is 0. The molecule has 0 aliphatic carbocycles. The van der Waals surface area contributed by atoms with E-state index in [9.17, 15) is 9.59 Å². The monoisotopic (exact) mass is 538 g/mol. The van der Waals surface area contributed by atoms with Crippen LogP contribution in [0.25, 0.3) is 11.7 Å². The maximum atomic E-state index is 13.6. The molecule has 0 bridgehead atoms. The number of hydrogen-bond donors (Lipinski definition) is 0. The molecule has 0 saturated carbocycles. The normalized spacial score (nSPS) is 14.6. The highest BCUT2D eigenvalue weighted by Crippen LogP contribution is 2.34. The Bertz CT molecular complexity index is 1450. The Hall–Kier alpha value is -3.37. The molecule has 1 fully saturated rings. The standard InChI is InChI=1S/C27H30N4O4S2/c1-6-29(7-2)24-19(25(32)30-13-8-9-17(3)23(30)28-24)16-22-26(33)31(27(36)37-22)14-12-18-10-11-20(34-4)21(15-18)35-5/h8-11,13,15-16H,6-7,12,14H2,1-5H3/b22-16-. The Morgan fingerprint density at radius 1 is 1.11 bits per heavy atom.